The van der Waals surface area contributed by atoms with Gasteiger partial charge in [-0.2, -0.15) is 13.2 Å². The number of nitrogens with zero attached hydrogens (tertiary/aromatic N) is 1. The molecule has 0 atom stereocenters. The molecule has 0 aliphatic heterocycles. The largest absolute Gasteiger partial charge is 0.496 e. The molecule has 0 saturated heterocycles. The number of benzene rings is 1. The van der Waals surface area contributed by atoms with Gasteiger partial charge in [-0.1, -0.05) is 0 Å². The minimum absolute atomic E-state index is 0.0426. The average molecular weight is 302 g/mol. The Kier molecular flexibility index (Phi) is 4.01. The number of aryl methyl sites for hydroxylation is 1. The van der Waals surface area contributed by atoms with E-state index in [1.807, 2.05) is 6.92 Å². The predicted octanol–water partition coefficient (Wildman–Crippen LogP) is 3.60. The molecule has 7 heteroatoms. The van der Waals surface area contributed by atoms with Crippen molar-refractivity contribution in [3.8, 4) is 16.3 Å². The Bertz CT molecular complexity index is 623. The first-order valence-corrected chi connectivity index (χ1v) is 6.60. The molecule has 0 aliphatic rings. The maximum absolute atomic E-state index is 12.8. The number of ether oxygens (including phenoxy) is 1. The van der Waals surface area contributed by atoms with Crippen LogP contribution in [0.5, 0.6) is 5.75 Å². The summed E-state index contributed by atoms with van der Waals surface area (Å²) >= 11 is 0.965. The molecule has 2 aromatic rings. The number of methoxy groups -OCH3 is 1. The Hall–Kier alpha value is -1.60. The molecular weight excluding hydrogens is 289 g/mol. The van der Waals surface area contributed by atoms with Crippen LogP contribution in [0.25, 0.3) is 10.6 Å². The molecule has 0 radical (unpaired) electrons. The van der Waals surface area contributed by atoms with Gasteiger partial charge in [0.05, 0.1) is 12.0 Å². The van der Waals surface area contributed by atoms with Crippen molar-refractivity contribution in [2.24, 2.45) is 5.73 Å². The van der Waals surface area contributed by atoms with Gasteiger partial charge in [-0.05, 0) is 30.7 Å². The molecule has 0 fully saturated rings. The van der Waals surface area contributed by atoms with Gasteiger partial charge in [-0.3, -0.25) is 0 Å². The van der Waals surface area contributed by atoms with Crippen LogP contribution in [0.1, 0.15) is 16.1 Å². The van der Waals surface area contributed by atoms with E-state index in [2.05, 4.69) is 4.98 Å². The van der Waals surface area contributed by atoms with Crippen LogP contribution < -0.4 is 10.5 Å². The molecular formula is C13H13F3N2OS. The van der Waals surface area contributed by atoms with Crippen molar-refractivity contribution in [3.05, 3.63) is 34.3 Å². The van der Waals surface area contributed by atoms with E-state index in [4.69, 9.17) is 10.5 Å². The van der Waals surface area contributed by atoms with Crippen molar-refractivity contribution in [1.82, 2.24) is 4.98 Å². The highest BCUT2D eigenvalue weighted by Crippen LogP contribution is 2.38. The number of aromatic nitrogens is 1. The highest BCUT2D eigenvalue weighted by atomic mass is 32.1. The Morgan fingerprint density at radius 1 is 1.35 bits per heavy atom. The highest BCUT2D eigenvalue weighted by Gasteiger charge is 2.37. The Morgan fingerprint density at radius 3 is 2.50 bits per heavy atom. The number of halogens is 3. The lowest BCUT2D eigenvalue weighted by atomic mass is 10.1. The second-order valence-corrected chi connectivity index (χ2v) is 5.26. The van der Waals surface area contributed by atoms with Gasteiger partial charge in [-0.25, -0.2) is 4.98 Å². The molecule has 1 aromatic heterocycles. The van der Waals surface area contributed by atoms with E-state index in [-0.39, 0.29) is 11.4 Å². The number of hydrogen-bond donors (Lipinski definition) is 1. The third-order valence-corrected chi connectivity index (χ3v) is 3.92. The summed E-state index contributed by atoms with van der Waals surface area (Å²) < 4.78 is 43.6. The second kappa shape index (κ2) is 5.41. The third kappa shape index (κ3) is 2.78. The molecule has 0 spiro atoms. The fourth-order valence-corrected chi connectivity index (χ4v) is 2.80. The number of hydrogen-bond acceptors (Lipinski definition) is 4. The van der Waals surface area contributed by atoms with Crippen LogP contribution in [0.15, 0.2) is 18.2 Å². The van der Waals surface area contributed by atoms with Gasteiger partial charge in [0.2, 0.25) is 0 Å². The smallest absolute Gasteiger partial charge is 0.434 e. The van der Waals surface area contributed by atoms with Crippen LogP contribution in [-0.4, -0.2) is 12.1 Å². The summed E-state index contributed by atoms with van der Waals surface area (Å²) in [5.74, 6) is 0.681. The van der Waals surface area contributed by atoms with Crippen LogP contribution in [0.3, 0.4) is 0 Å². The van der Waals surface area contributed by atoms with E-state index < -0.39 is 11.9 Å². The van der Waals surface area contributed by atoms with Crippen LogP contribution in [0.2, 0.25) is 0 Å². The fourth-order valence-electron chi connectivity index (χ4n) is 1.85. The molecule has 108 valence electrons. The lowest BCUT2D eigenvalue weighted by Gasteiger charge is -2.05. The van der Waals surface area contributed by atoms with Gasteiger partial charge in [0.25, 0.3) is 0 Å². The Balaban J connectivity index is 2.48. The third-order valence-electron chi connectivity index (χ3n) is 2.79. The van der Waals surface area contributed by atoms with E-state index in [0.717, 1.165) is 16.9 Å². The highest BCUT2D eigenvalue weighted by molar-refractivity contribution is 7.15. The molecule has 20 heavy (non-hydrogen) atoms. The predicted molar refractivity (Wildman–Crippen MR) is 71.7 cm³/mol. The van der Waals surface area contributed by atoms with Crippen molar-refractivity contribution in [2.75, 3.05) is 7.11 Å². The van der Waals surface area contributed by atoms with Crippen LogP contribution in [0.4, 0.5) is 13.2 Å². The molecule has 0 saturated carbocycles. The van der Waals surface area contributed by atoms with Crippen molar-refractivity contribution in [3.63, 3.8) is 0 Å². The number of rotatable bonds is 3. The molecule has 0 amide bonds. The number of alkyl halides is 3. The molecule has 2 rings (SSSR count). The van der Waals surface area contributed by atoms with Gasteiger partial charge < -0.3 is 10.5 Å². The monoisotopic (exact) mass is 302 g/mol. The van der Waals surface area contributed by atoms with Crippen molar-refractivity contribution >= 4 is 11.3 Å². The summed E-state index contributed by atoms with van der Waals surface area (Å²) in [6.07, 6.45) is -4.48. The van der Waals surface area contributed by atoms with Gasteiger partial charge in [-0.15, -0.1) is 11.3 Å². The molecule has 1 heterocycles. The normalized spacial score (nSPS) is 11.7. The van der Waals surface area contributed by atoms with E-state index in [1.54, 1.807) is 25.3 Å². The summed E-state index contributed by atoms with van der Waals surface area (Å²) in [6.45, 7) is 1.64. The van der Waals surface area contributed by atoms with Crippen LogP contribution >= 0.6 is 11.3 Å². The molecule has 2 N–H and O–H groups in total. The fraction of sp³-hybridized carbons (Fsp3) is 0.308. The van der Waals surface area contributed by atoms with Crippen molar-refractivity contribution in [2.45, 2.75) is 19.6 Å². The van der Waals surface area contributed by atoms with Gasteiger partial charge >= 0.3 is 6.18 Å². The SMILES string of the molecule is COc1ccc(-c2nc(C(F)(F)F)c(CN)s2)cc1C. The second-order valence-electron chi connectivity index (χ2n) is 4.18. The number of thiazole rings is 1. The van der Waals surface area contributed by atoms with Crippen molar-refractivity contribution < 1.29 is 17.9 Å². The van der Waals surface area contributed by atoms with E-state index in [9.17, 15) is 13.2 Å². The topological polar surface area (TPSA) is 48.1 Å². The molecule has 0 aliphatic carbocycles. The Morgan fingerprint density at radius 2 is 2.05 bits per heavy atom. The van der Waals surface area contributed by atoms with E-state index >= 15 is 0 Å². The maximum atomic E-state index is 12.8. The first kappa shape index (κ1) is 14.8. The summed E-state index contributed by atoms with van der Waals surface area (Å²) in [7, 11) is 1.54. The van der Waals surface area contributed by atoms with Gasteiger partial charge in [0, 0.05) is 12.1 Å². The maximum Gasteiger partial charge on any atom is 0.434 e. The Labute approximate surface area is 118 Å². The molecule has 0 bridgehead atoms. The zero-order chi connectivity index (χ0) is 14.9. The van der Waals surface area contributed by atoms with Gasteiger partial charge in [0.15, 0.2) is 5.69 Å². The quantitative estimate of drug-likeness (QED) is 0.942. The van der Waals surface area contributed by atoms with Crippen LogP contribution in [-0.2, 0) is 12.7 Å². The van der Waals surface area contributed by atoms with E-state index in [0.29, 0.717) is 16.3 Å². The summed E-state index contributed by atoms with van der Waals surface area (Å²) in [5, 5.41) is 0.309. The summed E-state index contributed by atoms with van der Waals surface area (Å²) in [4.78, 5) is 3.73. The lowest BCUT2D eigenvalue weighted by molar-refractivity contribution is -0.141. The summed E-state index contributed by atoms with van der Waals surface area (Å²) in [5.41, 5.74) is 5.93. The molecule has 1 aromatic carbocycles. The van der Waals surface area contributed by atoms with Crippen LogP contribution in [0, 0.1) is 6.92 Å². The molecule has 0 unspecified atom stereocenters. The minimum atomic E-state index is -4.48. The first-order valence-electron chi connectivity index (χ1n) is 5.78. The average Bonchev–Trinajstić information content (AvgIpc) is 2.82. The first-order chi connectivity index (χ1) is 9.36. The minimum Gasteiger partial charge on any atom is -0.496 e. The summed E-state index contributed by atoms with van der Waals surface area (Å²) in [6, 6.07) is 5.14. The number of nitrogens with two attached hydrogens (primary N) is 1. The van der Waals surface area contributed by atoms with Gasteiger partial charge in [0.1, 0.15) is 10.8 Å². The van der Waals surface area contributed by atoms with Crippen molar-refractivity contribution in [1.29, 1.82) is 0 Å². The van der Waals surface area contributed by atoms with E-state index in [1.165, 1.54) is 0 Å². The zero-order valence-corrected chi connectivity index (χ0v) is 11.7. The zero-order valence-electron chi connectivity index (χ0n) is 10.9. The molecule has 3 nitrogen and oxygen atoms in total. The standard InChI is InChI=1S/C13H13F3N2OS/c1-7-5-8(3-4-9(7)19-2)12-18-11(13(14,15)16)10(6-17)20-12/h3-5H,6,17H2,1-2H3. The lowest BCUT2D eigenvalue weighted by Crippen LogP contribution is -2.10.